The fourth-order valence-electron chi connectivity index (χ4n) is 1.62. The van der Waals surface area contributed by atoms with E-state index in [9.17, 15) is 14.4 Å². The number of nitrogens with one attached hydrogen (secondary N) is 1. The first-order chi connectivity index (χ1) is 8.79. The van der Waals surface area contributed by atoms with Crippen LogP contribution in [0.1, 0.15) is 26.7 Å². The van der Waals surface area contributed by atoms with E-state index in [2.05, 4.69) is 5.32 Å². The fraction of sp³-hybridized carbons (Fsp3) is 0.769. The van der Waals surface area contributed by atoms with Crippen molar-refractivity contribution < 1.29 is 14.4 Å². The SMILES string of the molecule is CCC(=O)N(C)[C@@H](CC(C)=O)C(=O)NCCN(C)C. The third-order valence-corrected chi connectivity index (χ3v) is 2.81. The molecule has 0 aliphatic carbocycles. The van der Waals surface area contributed by atoms with Crippen LogP contribution in [0.25, 0.3) is 0 Å². The van der Waals surface area contributed by atoms with E-state index in [-0.39, 0.29) is 24.0 Å². The number of amides is 2. The van der Waals surface area contributed by atoms with E-state index in [1.807, 2.05) is 19.0 Å². The van der Waals surface area contributed by atoms with Crippen molar-refractivity contribution in [3.63, 3.8) is 0 Å². The quantitative estimate of drug-likeness (QED) is 0.668. The van der Waals surface area contributed by atoms with Crippen molar-refractivity contribution in [2.45, 2.75) is 32.7 Å². The van der Waals surface area contributed by atoms with Crippen LogP contribution in [-0.4, -0.2) is 67.7 Å². The van der Waals surface area contributed by atoms with Crippen molar-refractivity contribution >= 4 is 17.6 Å². The van der Waals surface area contributed by atoms with Gasteiger partial charge in [0.2, 0.25) is 11.8 Å². The molecule has 2 amide bonds. The van der Waals surface area contributed by atoms with Crippen LogP contribution in [0.2, 0.25) is 0 Å². The number of rotatable bonds is 8. The van der Waals surface area contributed by atoms with Crippen LogP contribution in [0.5, 0.6) is 0 Å². The van der Waals surface area contributed by atoms with Gasteiger partial charge in [-0.05, 0) is 21.0 Å². The first-order valence-corrected chi connectivity index (χ1v) is 6.47. The fourth-order valence-corrected chi connectivity index (χ4v) is 1.62. The highest BCUT2D eigenvalue weighted by Gasteiger charge is 2.27. The average molecular weight is 271 g/mol. The van der Waals surface area contributed by atoms with Crippen LogP contribution in [0.3, 0.4) is 0 Å². The van der Waals surface area contributed by atoms with E-state index >= 15 is 0 Å². The molecule has 1 N–H and O–H groups in total. The van der Waals surface area contributed by atoms with Gasteiger partial charge in [-0.1, -0.05) is 6.92 Å². The summed E-state index contributed by atoms with van der Waals surface area (Å²) in [4.78, 5) is 38.2. The third kappa shape index (κ3) is 6.91. The molecule has 0 aromatic heterocycles. The second-order valence-corrected chi connectivity index (χ2v) is 4.87. The minimum absolute atomic E-state index is 0.0516. The predicted octanol–water partition coefficient (Wildman–Crippen LogP) is -0.120. The van der Waals surface area contributed by atoms with Gasteiger partial charge in [0, 0.05) is 33.0 Å². The van der Waals surface area contributed by atoms with Crippen molar-refractivity contribution in [1.29, 1.82) is 0 Å². The van der Waals surface area contributed by atoms with Gasteiger partial charge in [-0.3, -0.25) is 14.4 Å². The van der Waals surface area contributed by atoms with Crippen molar-refractivity contribution in [2.24, 2.45) is 0 Å². The molecule has 6 nitrogen and oxygen atoms in total. The number of likely N-dealkylation sites (N-methyl/N-ethyl adjacent to an activating group) is 2. The second-order valence-electron chi connectivity index (χ2n) is 4.87. The molecular weight excluding hydrogens is 246 g/mol. The summed E-state index contributed by atoms with van der Waals surface area (Å²) in [5, 5.41) is 2.75. The summed E-state index contributed by atoms with van der Waals surface area (Å²) >= 11 is 0. The Hall–Kier alpha value is -1.43. The van der Waals surface area contributed by atoms with E-state index in [1.165, 1.54) is 11.8 Å². The maximum absolute atomic E-state index is 12.0. The summed E-state index contributed by atoms with van der Waals surface area (Å²) in [5.41, 5.74) is 0. The zero-order valence-corrected chi connectivity index (χ0v) is 12.5. The van der Waals surface area contributed by atoms with Gasteiger partial charge >= 0.3 is 0 Å². The first kappa shape index (κ1) is 17.6. The highest BCUT2D eigenvalue weighted by Crippen LogP contribution is 2.05. The Morgan fingerprint density at radius 1 is 1.16 bits per heavy atom. The predicted molar refractivity (Wildman–Crippen MR) is 73.7 cm³/mol. The van der Waals surface area contributed by atoms with Gasteiger partial charge in [-0.15, -0.1) is 0 Å². The number of carbonyl (C=O) groups is 3. The topological polar surface area (TPSA) is 69.7 Å². The molecule has 0 heterocycles. The molecule has 1 atom stereocenters. The summed E-state index contributed by atoms with van der Waals surface area (Å²) < 4.78 is 0. The standard InChI is InChI=1S/C13H25N3O3/c1-6-12(18)16(5)11(9-10(2)17)13(19)14-7-8-15(3)4/h11H,6-9H2,1-5H3,(H,14,19)/t11-/m0/s1. The Labute approximate surface area is 115 Å². The summed E-state index contributed by atoms with van der Waals surface area (Å²) in [5.74, 6) is -0.529. The molecule has 6 heteroatoms. The molecule has 0 fully saturated rings. The molecule has 110 valence electrons. The number of ketones is 1. The second kappa shape index (κ2) is 8.63. The largest absolute Gasteiger partial charge is 0.353 e. The molecule has 0 unspecified atom stereocenters. The van der Waals surface area contributed by atoms with Gasteiger partial charge in [-0.25, -0.2) is 0 Å². The molecule has 0 saturated carbocycles. The van der Waals surface area contributed by atoms with Crippen LogP contribution >= 0.6 is 0 Å². The highest BCUT2D eigenvalue weighted by molar-refractivity contribution is 5.91. The number of nitrogens with zero attached hydrogens (tertiary/aromatic N) is 2. The third-order valence-electron chi connectivity index (χ3n) is 2.81. The summed E-state index contributed by atoms with van der Waals surface area (Å²) in [7, 11) is 5.38. The Kier molecular flexibility index (Phi) is 7.98. The first-order valence-electron chi connectivity index (χ1n) is 6.47. The number of hydrogen-bond donors (Lipinski definition) is 1. The van der Waals surface area contributed by atoms with E-state index in [0.717, 1.165) is 0 Å². The molecular formula is C13H25N3O3. The van der Waals surface area contributed by atoms with Crippen LogP contribution in [-0.2, 0) is 14.4 Å². The minimum Gasteiger partial charge on any atom is -0.353 e. The molecule has 0 aliphatic heterocycles. The lowest BCUT2D eigenvalue weighted by molar-refractivity contribution is -0.140. The zero-order chi connectivity index (χ0) is 15.0. The van der Waals surface area contributed by atoms with Gasteiger partial charge in [0.25, 0.3) is 0 Å². The number of Topliss-reactive ketones (excluding diaryl/α,β-unsaturated/α-hetero) is 1. The lowest BCUT2D eigenvalue weighted by Crippen LogP contribution is -2.49. The Bertz CT molecular complexity index is 329. The number of hydrogen-bond acceptors (Lipinski definition) is 4. The van der Waals surface area contributed by atoms with Crippen LogP contribution < -0.4 is 5.32 Å². The Morgan fingerprint density at radius 3 is 2.16 bits per heavy atom. The van der Waals surface area contributed by atoms with E-state index in [1.54, 1.807) is 14.0 Å². The molecule has 0 spiro atoms. The summed E-state index contributed by atoms with van der Waals surface area (Å²) in [6.45, 7) is 4.36. The average Bonchev–Trinajstić information content (AvgIpc) is 2.33. The van der Waals surface area contributed by atoms with Crippen LogP contribution in [0, 0.1) is 0 Å². The maximum atomic E-state index is 12.0. The summed E-state index contributed by atoms with van der Waals surface area (Å²) in [6.07, 6.45) is 0.367. The Balaban J connectivity index is 4.60. The maximum Gasteiger partial charge on any atom is 0.243 e. The van der Waals surface area contributed by atoms with Gasteiger partial charge < -0.3 is 15.1 Å². The van der Waals surface area contributed by atoms with Crippen molar-refractivity contribution in [2.75, 3.05) is 34.2 Å². The molecule has 0 rings (SSSR count). The molecule has 0 saturated heterocycles. The van der Waals surface area contributed by atoms with Gasteiger partial charge in [0.05, 0.1) is 0 Å². The number of carbonyl (C=O) groups excluding carboxylic acids is 3. The molecule has 0 aliphatic rings. The van der Waals surface area contributed by atoms with Gasteiger partial charge in [0.1, 0.15) is 11.8 Å². The van der Waals surface area contributed by atoms with Crippen LogP contribution in [0.4, 0.5) is 0 Å². The molecule has 0 radical (unpaired) electrons. The zero-order valence-electron chi connectivity index (χ0n) is 12.5. The lowest BCUT2D eigenvalue weighted by Gasteiger charge is -2.26. The van der Waals surface area contributed by atoms with E-state index < -0.39 is 6.04 Å². The minimum atomic E-state index is -0.716. The molecule has 0 aromatic carbocycles. The monoisotopic (exact) mass is 271 g/mol. The van der Waals surface area contributed by atoms with E-state index in [0.29, 0.717) is 19.5 Å². The molecule has 19 heavy (non-hydrogen) atoms. The van der Waals surface area contributed by atoms with Crippen molar-refractivity contribution in [3.8, 4) is 0 Å². The molecule has 0 bridgehead atoms. The Morgan fingerprint density at radius 2 is 1.74 bits per heavy atom. The molecule has 0 aromatic rings. The van der Waals surface area contributed by atoms with Gasteiger partial charge in [-0.2, -0.15) is 0 Å². The summed E-state index contributed by atoms with van der Waals surface area (Å²) in [6, 6.07) is -0.716. The van der Waals surface area contributed by atoms with Crippen molar-refractivity contribution in [1.82, 2.24) is 15.1 Å². The highest BCUT2D eigenvalue weighted by atomic mass is 16.2. The van der Waals surface area contributed by atoms with Crippen molar-refractivity contribution in [3.05, 3.63) is 0 Å². The lowest BCUT2D eigenvalue weighted by atomic mass is 10.1. The smallest absolute Gasteiger partial charge is 0.243 e. The van der Waals surface area contributed by atoms with Crippen LogP contribution in [0.15, 0.2) is 0 Å². The normalized spacial score (nSPS) is 12.1. The van der Waals surface area contributed by atoms with Gasteiger partial charge in [0.15, 0.2) is 0 Å². The van der Waals surface area contributed by atoms with E-state index in [4.69, 9.17) is 0 Å².